The number of rotatable bonds is 2. The summed E-state index contributed by atoms with van der Waals surface area (Å²) in [6, 6.07) is 2.86. The van der Waals surface area contributed by atoms with Gasteiger partial charge in [-0.15, -0.1) is 0 Å². The number of hydrogen-bond donors (Lipinski definition) is 1. The van der Waals surface area contributed by atoms with Gasteiger partial charge in [0.1, 0.15) is 0 Å². The van der Waals surface area contributed by atoms with Crippen LogP contribution in [0.25, 0.3) is 5.65 Å². The van der Waals surface area contributed by atoms with E-state index in [0.717, 1.165) is 6.42 Å². The maximum Gasteiger partial charge on any atom is 0.335 e. The third-order valence-electron chi connectivity index (χ3n) is 3.43. The number of carboxylic acid groups (broad SMARTS) is 1. The molecule has 1 aliphatic rings. The Hall–Kier alpha value is -1.96. The Kier molecular flexibility index (Phi) is 2.97. The summed E-state index contributed by atoms with van der Waals surface area (Å²) in [6.45, 7) is 0. The second kappa shape index (κ2) is 4.55. The first-order valence-electron chi connectivity index (χ1n) is 6.25. The third kappa shape index (κ3) is 2.38. The molecule has 0 spiro atoms. The minimum Gasteiger partial charge on any atom is -0.478 e. The lowest BCUT2D eigenvalue weighted by Gasteiger charge is -2.18. The van der Waals surface area contributed by atoms with Crippen LogP contribution in [0, 0.1) is 0 Å². The Balaban J connectivity index is 1.98. The highest BCUT2D eigenvalue weighted by atomic mass is 32.2. The largest absolute Gasteiger partial charge is 0.478 e. The van der Waals surface area contributed by atoms with Gasteiger partial charge in [0.2, 0.25) is 0 Å². The van der Waals surface area contributed by atoms with Gasteiger partial charge < -0.3 is 5.11 Å². The summed E-state index contributed by atoms with van der Waals surface area (Å²) >= 11 is 0. The zero-order valence-corrected chi connectivity index (χ0v) is 11.4. The van der Waals surface area contributed by atoms with Gasteiger partial charge in [0, 0.05) is 12.1 Å². The Morgan fingerprint density at radius 3 is 2.95 bits per heavy atom. The molecule has 3 rings (SSSR count). The van der Waals surface area contributed by atoms with Gasteiger partial charge in [0.15, 0.2) is 21.3 Å². The van der Waals surface area contributed by atoms with E-state index in [1.54, 1.807) is 0 Å². The normalized spacial score (nSPS) is 21.9. The smallest absolute Gasteiger partial charge is 0.335 e. The lowest BCUT2D eigenvalue weighted by Crippen LogP contribution is -2.24. The Morgan fingerprint density at radius 1 is 1.45 bits per heavy atom. The molecule has 0 amide bonds. The van der Waals surface area contributed by atoms with Crippen LogP contribution in [0.3, 0.4) is 0 Å². The van der Waals surface area contributed by atoms with E-state index in [-0.39, 0.29) is 23.0 Å². The van der Waals surface area contributed by atoms with E-state index in [4.69, 9.17) is 5.11 Å². The molecular weight excluding hydrogens is 282 g/mol. The highest BCUT2D eigenvalue weighted by Crippen LogP contribution is 2.26. The lowest BCUT2D eigenvalue weighted by molar-refractivity contribution is 0.0697. The Labute approximate surface area is 115 Å². The number of aromatic nitrogens is 3. The van der Waals surface area contributed by atoms with Gasteiger partial charge in [0.25, 0.3) is 0 Å². The van der Waals surface area contributed by atoms with Crippen LogP contribution in [0.4, 0.5) is 0 Å². The van der Waals surface area contributed by atoms with Crippen molar-refractivity contribution in [3.8, 4) is 0 Å². The molecule has 2 aromatic rings. The van der Waals surface area contributed by atoms with E-state index in [9.17, 15) is 13.2 Å². The monoisotopic (exact) mass is 295 g/mol. The predicted molar refractivity (Wildman–Crippen MR) is 70.6 cm³/mol. The van der Waals surface area contributed by atoms with Gasteiger partial charge in [-0.1, -0.05) is 0 Å². The van der Waals surface area contributed by atoms with Crippen molar-refractivity contribution in [2.75, 3.05) is 11.5 Å². The van der Waals surface area contributed by atoms with Crippen LogP contribution in [-0.4, -0.2) is 45.6 Å². The van der Waals surface area contributed by atoms with Crippen LogP contribution in [0.5, 0.6) is 0 Å². The first kappa shape index (κ1) is 13.0. The van der Waals surface area contributed by atoms with Crippen molar-refractivity contribution in [3.05, 3.63) is 29.7 Å². The molecule has 1 aliphatic heterocycles. The third-order valence-corrected chi connectivity index (χ3v) is 5.25. The second-order valence-corrected chi connectivity index (χ2v) is 7.18. The van der Waals surface area contributed by atoms with Gasteiger partial charge in [-0.05, 0) is 25.0 Å². The van der Waals surface area contributed by atoms with Crippen molar-refractivity contribution in [1.82, 2.24) is 14.6 Å². The molecule has 1 fully saturated rings. The number of pyridine rings is 1. The fourth-order valence-corrected chi connectivity index (χ4v) is 4.13. The highest BCUT2D eigenvalue weighted by Gasteiger charge is 2.28. The fourth-order valence-electron chi connectivity index (χ4n) is 2.43. The topological polar surface area (TPSA) is 102 Å². The number of nitrogens with zero attached hydrogens (tertiary/aromatic N) is 3. The van der Waals surface area contributed by atoms with Gasteiger partial charge >= 0.3 is 5.97 Å². The van der Waals surface area contributed by atoms with Crippen LogP contribution in [0.1, 0.15) is 34.9 Å². The molecule has 3 heterocycles. The Morgan fingerprint density at radius 2 is 2.25 bits per heavy atom. The predicted octanol–water partition coefficient (Wildman–Crippen LogP) is 0.720. The van der Waals surface area contributed by atoms with E-state index in [2.05, 4.69) is 10.1 Å². The lowest BCUT2D eigenvalue weighted by atomic mass is 10.1. The molecule has 0 saturated carbocycles. The van der Waals surface area contributed by atoms with Gasteiger partial charge in [-0.2, -0.15) is 5.10 Å². The average molecular weight is 295 g/mol. The number of carbonyl (C=O) groups is 1. The summed E-state index contributed by atoms with van der Waals surface area (Å²) in [7, 11) is -3.02. The minimum atomic E-state index is -3.02. The molecule has 20 heavy (non-hydrogen) atoms. The maximum absolute atomic E-state index is 11.7. The maximum atomic E-state index is 11.7. The quantitative estimate of drug-likeness (QED) is 0.876. The van der Waals surface area contributed by atoms with Crippen molar-refractivity contribution in [3.63, 3.8) is 0 Å². The molecule has 0 bridgehead atoms. The van der Waals surface area contributed by atoms with E-state index in [1.165, 1.54) is 22.8 Å². The number of fused-ring (bicyclic) bond motifs is 1. The number of sulfone groups is 1. The summed E-state index contributed by atoms with van der Waals surface area (Å²) in [6.07, 6.45) is 2.87. The molecule has 7 nitrogen and oxygen atoms in total. The van der Waals surface area contributed by atoms with Crippen molar-refractivity contribution in [1.29, 1.82) is 0 Å². The van der Waals surface area contributed by atoms with Crippen LogP contribution in [0.15, 0.2) is 18.3 Å². The molecule has 106 valence electrons. The van der Waals surface area contributed by atoms with Crippen molar-refractivity contribution in [2.45, 2.75) is 18.8 Å². The standard InChI is InChI=1S/C12H13N3O4S/c16-12(17)8-3-4-15-10(6-8)13-11(14-15)9-2-1-5-20(18,19)7-9/h3-4,6,9H,1-2,5,7H2,(H,16,17). The molecule has 2 aromatic heterocycles. The summed E-state index contributed by atoms with van der Waals surface area (Å²) in [5.74, 6) is -0.481. The van der Waals surface area contributed by atoms with E-state index < -0.39 is 15.8 Å². The summed E-state index contributed by atoms with van der Waals surface area (Å²) in [4.78, 5) is 15.2. The average Bonchev–Trinajstić information content (AvgIpc) is 2.80. The zero-order chi connectivity index (χ0) is 14.3. The molecular formula is C12H13N3O4S. The van der Waals surface area contributed by atoms with E-state index >= 15 is 0 Å². The molecule has 0 aliphatic carbocycles. The second-order valence-electron chi connectivity index (χ2n) is 4.95. The van der Waals surface area contributed by atoms with Crippen LogP contribution >= 0.6 is 0 Å². The molecule has 0 aromatic carbocycles. The molecule has 8 heteroatoms. The highest BCUT2D eigenvalue weighted by molar-refractivity contribution is 7.91. The first-order valence-corrected chi connectivity index (χ1v) is 8.07. The summed E-state index contributed by atoms with van der Waals surface area (Å²) in [5.41, 5.74) is 0.551. The molecule has 1 atom stereocenters. The van der Waals surface area contributed by atoms with E-state index in [0.29, 0.717) is 17.9 Å². The van der Waals surface area contributed by atoms with Crippen LogP contribution in [-0.2, 0) is 9.84 Å². The van der Waals surface area contributed by atoms with Crippen LogP contribution < -0.4 is 0 Å². The first-order chi connectivity index (χ1) is 9.44. The number of carboxylic acids is 1. The number of aromatic carboxylic acids is 1. The molecule has 1 N–H and O–H groups in total. The van der Waals surface area contributed by atoms with Crippen molar-refractivity contribution in [2.24, 2.45) is 0 Å². The summed E-state index contributed by atoms with van der Waals surface area (Å²) < 4.78 is 24.8. The van der Waals surface area contributed by atoms with Gasteiger partial charge in [-0.25, -0.2) is 22.7 Å². The Bertz CT molecular complexity index is 781. The van der Waals surface area contributed by atoms with Crippen LogP contribution in [0.2, 0.25) is 0 Å². The van der Waals surface area contributed by atoms with Gasteiger partial charge in [-0.3, -0.25) is 0 Å². The van der Waals surface area contributed by atoms with E-state index in [1.807, 2.05) is 0 Å². The van der Waals surface area contributed by atoms with Crippen molar-refractivity contribution >= 4 is 21.5 Å². The molecule has 0 radical (unpaired) electrons. The van der Waals surface area contributed by atoms with Crippen molar-refractivity contribution < 1.29 is 18.3 Å². The van der Waals surface area contributed by atoms with Gasteiger partial charge in [0.05, 0.1) is 17.1 Å². The zero-order valence-electron chi connectivity index (χ0n) is 10.6. The summed E-state index contributed by atoms with van der Waals surface area (Å²) in [5, 5.41) is 13.2. The minimum absolute atomic E-state index is 0.0651. The molecule has 1 saturated heterocycles. The number of hydrogen-bond acceptors (Lipinski definition) is 5. The SMILES string of the molecule is O=C(O)c1ccn2nc(C3CCCS(=O)(=O)C3)nc2c1. The molecule has 1 unspecified atom stereocenters. The fraction of sp³-hybridized carbons (Fsp3) is 0.417.